The quantitative estimate of drug-likeness (QED) is 0.844. The zero-order chi connectivity index (χ0) is 17.0. The predicted molar refractivity (Wildman–Crippen MR) is 98.5 cm³/mol. The molecule has 2 N–H and O–H groups in total. The number of carbonyl (C=O) groups excluding carboxylic acids is 1. The molecule has 128 valence electrons. The highest BCUT2D eigenvalue weighted by Gasteiger charge is 2.31. The largest absolute Gasteiger partial charge is 0.366 e. The van der Waals surface area contributed by atoms with Crippen LogP contribution in [-0.2, 0) is 13.1 Å². The van der Waals surface area contributed by atoms with Gasteiger partial charge in [0, 0.05) is 30.6 Å². The summed E-state index contributed by atoms with van der Waals surface area (Å²) in [4.78, 5) is 13.9. The number of allylic oxidation sites excluding steroid dienone is 3. The number of nitrogens with zero attached hydrogens (tertiary/aromatic N) is 1. The average molecular weight is 324 g/mol. The fourth-order valence-corrected chi connectivity index (χ4v) is 4.21. The molecular formula is C21H28N2O. The molecule has 1 unspecified atom stereocenters. The summed E-state index contributed by atoms with van der Waals surface area (Å²) < 4.78 is 0. The molecule has 3 heteroatoms. The number of carbonyl (C=O) groups is 1. The monoisotopic (exact) mass is 324 g/mol. The van der Waals surface area contributed by atoms with Crippen molar-refractivity contribution in [2.75, 3.05) is 6.54 Å². The van der Waals surface area contributed by atoms with Gasteiger partial charge >= 0.3 is 0 Å². The highest BCUT2D eigenvalue weighted by Crippen LogP contribution is 2.37. The van der Waals surface area contributed by atoms with Crippen LogP contribution in [0, 0.1) is 5.41 Å². The zero-order valence-electron chi connectivity index (χ0n) is 14.6. The maximum absolute atomic E-state index is 11.4. The summed E-state index contributed by atoms with van der Waals surface area (Å²) in [5.41, 5.74) is 8.90. The summed E-state index contributed by atoms with van der Waals surface area (Å²) in [6.45, 7) is 5.12. The molecule has 24 heavy (non-hydrogen) atoms. The minimum absolute atomic E-state index is 0.272. The number of benzene rings is 1. The van der Waals surface area contributed by atoms with E-state index >= 15 is 0 Å². The second-order valence-corrected chi connectivity index (χ2v) is 7.26. The number of rotatable bonds is 4. The topological polar surface area (TPSA) is 46.3 Å². The Hall–Kier alpha value is -1.87. The molecule has 0 spiro atoms. The summed E-state index contributed by atoms with van der Waals surface area (Å²) in [6, 6.07) is 5.90. The van der Waals surface area contributed by atoms with Crippen LogP contribution in [0.4, 0.5) is 0 Å². The van der Waals surface area contributed by atoms with Gasteiger partial charge in [0.1, 0.15) is 0 Å². The van der Waals surface area contributed by atoms with Gasteiger partial charge in [0.05, 0.1) is 0 Å². The molecule has 0 radical (unpaired) electrons. The first-order valence-corrected chi connectivity index (χ1v) is 9.05. The van der Waals surface area contributed by atoms with Crippen molar-refractivity contribution in [3.8, 4) is 0 Å². The number of hydrogen-bond acceptors (Lipinski definition) is 2. The fraction of sp³-hybridized carbons (Fsp3) is 0.476. The Kier molecular flexibility index (Phi) is 5.20. The summed E-state index contributed by atoms with van der Waals surface area (Å²) in [7, 11) is 0. The van der Waals surface area contributed by atoms with Crippen molar-refractivity contribution in [1.29, 1.82) is 0 Å². The minimum Gasteiger partial charge on any atom is -0.366 e. The number of hydrogen-bond donors (Lipinski definition) is 1. The Bertz CT molecular complexity index is 662. The fourth-order valence-electron chi connectivity index (χ4n) is 4.21. The second kappa shape index (κ2) is 7.35. The molecular weight excluding hydrogens is 296 g/mol. The van der Waals surface area contributed by atoms with E-state index in [4.69, 9.17) is 5.73 Å². The van der Waals surface area contributed by atoms with Gasteiger partial charge in [-0.25, -0.2) is 0 Å². The minimum atomic E-state index is -0.339. The molecule has 0 saturated heterocycles. The normalized spacial score (nSPS) is 26.0. The summed E-state index contributed by atoms with van der Waals surface area (Å²) >= 11 is 0. The van der Waals surface area contributed by atoms with Gasteiger partial charge in [-0.05, 0) is 62.3 Å². The molecule has 0 fully saturated rings. The van der Waals surface area contributed by atoms with Gasteiger partial charge < -0.3 is 5.73 Å². The maximum Gasteiger partial charge on any atom is 0.248 e. The van der Waals surface area contributed by atoms with E-state index in [9.17, 15) is 4.79 Å². The molecule has 1 aromatic rings. The molecule has 3 rings (SSSR count). The van der Waals surface area contributed by atoms with Crippen LogP contribution in [0.15, 0.2) is 42.5 Å². The van der Waals surface area contributed by atoms with E-state index in [1.165, 1.54) is 36.8 Å². The second-order valence-electron chi connectivity index (χ2n) is 7.26. The predicted octanol–water partition coefficient (Wildman–Crippen LogP) is 4.18. The van der Waals surface area contributed by atoms with Crippen molar-refractivity contribution in [2.24, 2.45) is 11.1 Å². The summed E-state index contributed by atoms with van der Waals surface area (Å²) in [6.07, 6.45) is 15.4. The third-order valence-corrected chi connectivity index (χ3v) is 5.36. The lowest BCUT2D eigenvalue weighted by Crippen LogP contribution is -2.34. The molecule has 0 saturated carbocycles. The Morgan fingerprint density at radius 1 is 1.21 bits per heavy atom. The summed E-state index contributed by atoms with van der Waals surface area (Å²) in [5.74, 6) is -0.339. The molecule has 1 amide bonds. The van der Waals surface area contributed by atoms with Gasteiger partial charge in [-0.3, -0.25) is 9.69 Å². The van der Waals surface area contributed by atoms with Gasteiger partial charge in [0.2, 0.25) is 5.91 Å². The van der Waals surface area contributed by atoms with Crippen molar-refractivity contribution < 1.29 is 4.79 Å². The molecule has 0 aromatic heterocycles. The standard InChI is InChI=1S/C21H28N2O/c1-2-10-21(11-6-4-3-5-7-12-21)16-23-14-18-9-8-17(20(22)24)13-19(18)15-23/h2-4,8-10,13H,5-7,11-12,14-16H2,1H3,(H2,22,24)/b4-3+,10-2-. The van der Waals surface area contributed by atoms with Crippen molar-refractivity contribution in [3.05, 3.63) is 59.2 Å². The highest BCUT2D eigenvalue weighted by molar-refractivity contribution is 5.93. The maximum atomic E-state index is 11.4. The van der Waals surface area contributed by atoms with E-state index in [0.717, 1.165) is 26.1 Å². The van der Waals surface area contributed by atoms with Gasteiger partial charge in [-0.1, -0.05) is 30.4 Å². The first kappa shape index (κ1) is 17.0. The smallest absolute Gasteiger partial charge is 0.248 e. The van der Waals surface area contributed by atoms with Crippen LogP contribution in [0.2, 0.25) is 0 Å². The third kappa shape index (κ3) is 3.78. The van der Waals surface area contributed by atoms with Crippen LogP contribution in [0.25, 0.3) is 0 Å². The van der Waals surface area contributed by atoms with Crippen LogP contribution >= 0.6 is 0 Å². The molecule has 0 bridgehead atoms. The van der Waals surface area contributed by atoms with Crippen molar-refractivity contribution >= 4 is 5.91 Å². The van der Waals surface area contributed by atoms with Crippen molar-refractivity contribution in [3.63, 3.8) is 0 Å². The number of fused-ring (bicyclic) bond motifs is 1. The number of nitrogens with two attached hydrogens (primary N) is 1. The lowest BCUT2D eigenvalue weighted by molar-refractivity contribution is 0.1000. The number of amides is 1. The van der Waals surface area contributed by atoms with Gasteiger partial charge in [0.25, 0.3) is 0 Å². The Labute approximate surface area is 145 Å². The molecule has 1 atom stereocenters. The summed E-state index contributed by atoms with van der Waals surface area (Å²) in [5, 5.41) is 0. The Balaban J connectivity index is 1.74. The van der Waals surface area contributed by atoms with Crippen LogP contribution in [0.3, 0.4) is 0 Å². The molecule has 3 nitrogen and oxygen atoms in total. The molecule has 1 aromatic carbocycles. The van der Waals surface area contributed by atoms with Crippen LogP contribution in [0.5, 0.6) is 0 Å². The lowest BCUT2D eigenvalue weighted by Gasteiger charge is -2.35. The van der Waals surface area contributed by atoms with Crippen LogP contribution in [0.1, 0.15) is 60.5 Å². The van der Waals surface area contributed by atoms with Gasteiger partial charge in [0.15, 0.2) is 0 Å². The highest BCUT2D eigenvalue weighted by atomic mass is 16.1. The molecule has 1 aliphatic heterocycles. The van der Waals surface area contributed by atoms with E-state index in [1.807, 2.05) is 12.1 Å². The number of primary amides is 1. The van der Waals surface area contributed by atoms with Crippen LogP contribution in [-0.4, -0.2) is 17.4 Å². The van der Waals surface area contributed by atoms with Crippen molar-refractivity contribution in [2.45, 2.75) is 52.1 Å². The zero-order valence-corrected chi connectivity index (χ0v) is 14.6. The Morgan fingerprint density at radius 3 is 2.79 bits per heavy atom. The molecule has 1 aliphatic carbocycles. The average Bonchev–Trinajstić information content (AvgIpc) is 2.92. The van der Waals surface area contributed by atoms with E-state index in [-0.39, 0.29) is 11.3 Å². The van der Waals surface area contributed by atoms with E-state index in [1.54, 1.807) is 0 Å². The molecule has 2 aliphatic rings. The van der Waals surface area contributed by atoms with E-state index in [2.05, 4.69) is 42.2 Å². The van der Waals surface area contributed by atoms with Crippen molar-refractivity contribution in [1.82, 2.24) is 4.90 Å². The third-order valence-electron chi connectivity index (χ3n) is 5.36. The first-order chi connectivity index (χ1) is 11.6. The van der Waals surface area contributed by atoms with E-state index < -0.39 is 0 Å². The van der Waals surface area contributed by atoms with E-state index in [0.29, 0.717) is 5.56 Å². The SMILES string of the molecule is C/C=C\C1(CN2Cc3ccc(C(N)=O)cc3C2)CC/C=C/CCC1. The Morgan fingerprint density at radius 2 is 2.00 bits per heavy atom. The lowest BCUT2D eigenvalue weighted by atomic mass is 9.76. The molecule has 1 heterocycles. The van der Waals surface area contributed by atoms with Gasteiger partial charge in [-0.15, -0.1) is 0 Å². The first-order valence-electron chi connectivity index (χ1n) is 9.05. The van der Waals surface area contributed by atoms with Gasteiger partial charge in [-0.2, -0.15) is 0 Å². The van der Waals surface area contributed by atoms with Crippen LogP contribution < -0.4 is 5.73 Å².